The Hall–Kier alpha value is -0.180. The van der Waals surface area contributed by atoms with Crippen LogP contribution in [0.5, 0.6) is 0 Å². The predicted molar refractivity (Wildman–Crippen MR) is 62.7 cm³/mol. The molecule has 0 radical (unpaired) electrons. The van der Waals surface area contributed by atoms with E-state index in [4.69, 9.17) is 4.74 Å². The Balaban J connectivity index is 3.55. The molecule has 0 spiro atoms. The molecule has 0 aliphatic rings. The summed E-state index contributed by atoms with van der Waals surface area (Å²) in [5.74, 6) is 0.999. The third kappa shape index (κ3) is 7.25. The van der Waals surface area contributed by atoms with E-state index < -0.39 is 0 Å². The molecule has 0 N–H and O–H groups in total. The van der Waals surface area contributed by atoms with Crippen molar-refractivity contribution in [1.29, 1.82) is 0 Å². The maximum absolute atomic E-state index is 11.1. The zero-order valence-corrected chi connectivity index (χ0v) is 10.2. The van der Waals surface area contributed by atoms with Gasteiger partial charge in [0.1, 0.15) is 0 Å². The maximum atomic E-state index is 11.1. The van der Waals surface area contributed by atoms with Crippen molar-refractivity contribution in [3.63, 3.8) is 0 Å². The van der Waals surface area contributed by atoms with Crippen LogP contribution in [0.3, 0.4) is 0 Å². The van der Waals surface area contributed by atoms with Gasteiger partial charge in [-0.05, 0) is 12.3 Å². The van der Waals surface area contributed by atoms with Gasteiger partial charge in [0.15, 0.2) is 0 Å². The average molecular weight is 218 g/mol. The molecule has 14 heavy (non-hydrogen) atoms. The third-order valence-corrected chi connectivity index (χ3v) is 2.56. The molecule has 0 aromatic heterocycles. The summed E-state index contributed by atoms with van der Waals surface area (Å²) in [7, 11) is 0. The first-order chi connectivity index (χ1) is 6.74. The highest BCUT2D eigenvalue weighted by atomic mass is 32.1. The first-order valence-corrected chi connectivity index (χ1v) is 6.14. The Bertz CT molecular complexity index is 148. The van der Waals surface area contributed by atoms with E-state index in [0.29, 0.717) is 24.7 Å². The van der Waals surface area contributed by atoms with Crippen LogP contribution in [0, 0.1) is 5.92 Å². The Kier molecular flexibility index (Phi) is 9.26. The Morgan fingerprint density at radius 3 is 2.64 bits per heavy atom. The molecule has 2 nitrogen and oxygen atoms in total. The van der Waals surface area contributed by atoms with Crippen LogP contribution in [0.4, 0.5) is 0 Å². The van der Waals surface area contributed by atoms with Crippen LogP contribution in [0.15, 0.2) is 0 Å². The molecule has 0 saturated carbocycles. The molecule has 3 heteroatoms. The number of hydrogen-bond donors (Lipinski definition) is 1. The van der Waals surface area contributed by atoms with Crippen molar-refractivity contribution < 1.29 is 9.53 Å². The quantitative estimate of drug-likeness (QED) is 0.500. The molecular weight excluding hydrogens is 196 g/mol. The fourth-order valence-corrected chi connectivity index (χ4v) is 1.45. The van der Waals surface area contributed by atoms with Gasteiger partial charge in [0, 0.05) is 5.75 Å². The molecule has 0 unspecified atom stereocenters. The number of esters is 1. The Morgan fingerprint density at radius 1 is 1.43 bits per heavy atom. The second kappa shape index (κ2) is 9.38. The van der Waals surface area contributed by atoms with Gasteiger partial charge in [-0.2, -0.15) is 12.6 Å². The summed E-state index contributed by atoms with van der Waals surface area (Å²) in [6, 6.07) is 0. The minimum absolute atomic E-state index is 0.116. The second-order valence-electron chi connectivity index (χ2n) is 3.57. The van der Waals surface area contributed by atoms with E-state index in [2.05, 4.69) is 26.5 Å². The summed E-state index contributed by atoms with van der Waals surface area (Å²) in [4.78, 5) is 11.1. The summed E-state index contributed by atoms with van der Waals surface area (Å²) in [6.07, 6.45) is 5.12. The van der Waals surface area contributed by atoms with Gasteiger partial charge in [-0.3, -0.25) is 4.79 Å². The van der Waals surface area contributed by atoms with E-state index in [0.717, 1.165) is 6.42 Å². The first-order valence-electron chi connectivity index (χ1n) is 5.51. The Labute approximate surface area is 92.8 Å². The lowest BCUT2D eigenvalue weighted by Crippen LogP contribution is -2.13. The van der Waals surface area contributed by atoms with Crippen LogP contribution in [-0.2, 0) is 9.53 Å². The van der Waals surface area contributed by atoms with Crippen molar-refractivity contribution in [3.05, 3.63) is 0 Å². The molecule has 0 amide bonds. The van der Waals surface area contributed by atoms with Crippen molar-refractivity contribution in [2.75, 3.05) is 12.4 Å². The second-order valence-corrected chi connectivity index (χ2v) is 4.02. The zero-order chi connectivity index (χ0) is 10.8. The summed E-state index contributed by atoms with van der Waals surface area (Å²) >= 11 is 3.98. The number of rotatable bonds is 8. The molecule has 0 aromatic rings. The molecular formula is C11H22O2S. The lowest BCUT2D eigenvalue weighted by Gasteiger charge is -2.14. The summed E-state index contributed by atoms with van der Waals surface area (Å²) < 4.78 is 5.14. The number of ether oxygens (including phenoxy) is 1. The molecule has 84 valence electrons. The number of carbonyl (C=O) groups is 1. The van der Waals surface area contributed by atoms with Crippen molar-refractivity contribution in [2.45, 2.75) is 46.0 Å². The number of hydrogen-bond acceptors (Lipinski definition) is 3. The fraction of sp³-hybridized carbons (Fsp3) is 0.909. The molecule has 0 aliphatic carbocycles. The van der Waals surface area contributed by atoms with Crippen LogP contribution >= 0.6 is 12.6 Å². The van der Waals surface area contributed by atoms with E-state index in [1.165, 1.54) is 19.3 Å². The molecule has 0 aliphatic heterocycles. The third-order valence-electron chi connectivity index (χ3n) is 2.34. The van der Waals surface area contributed by atoms with E-state index in [1.807, 2.05) is 0 Å². The molecule has 0 aromatic carbocycles. The number of carbonyl (C=O) groups excluding carboxylic acids is 1. The van der Waals surface area contributed by atoms with E-state index in [-0.39, 0.29) is 5.97 Å². The standard InChI is InChI=1S/C11H22O2S/c1-3-5-6-10(4-2)9-13-11(12)7-8-14/h10,14H,3-9H2,1-2H3/t10-/m0/s1. The van der Waals surface area contributed by atoms with Gasteiger partial charge >= 0.3 is 5.97 Å². The summed E-state index contributed by atoms with van der Waals surface area (Å²) in [6.45, 7) is 4.91. The normalized spacial score (nSPS) is 12.5. The highest BCUT2D eigenvalue weighted by molar-refractivity contribution is 7.80. The smallest absolute Gasteiger partial charge is 0.306 e. The molecule has 0 rings (SSSR count). The minimum Gasteiger partial charge on any atom is -0.465 e. The van der Waals surface area contributed by atoms with Gasteiger partial charge in [-0.25, -0.2) is 0 Å². The topological polar surface area (TPSA) is 26.3 Å². The van der Waals surface area contributed by atoms with Crippen LogP contribution in [0.25, 0.3) is 0 Å². The van der Waals surface area contributed by atoms with Crippen molar-refractivity contribution in [2.24, 2.45) is 5.92 Å². The van der Waals surface area contributed by atoms with Gasteiger partial charge in [-0.15, -0.1) is 0 Å². The summed E-state index contributed by atoms with van der Waals surface area (Å²) in [5, 5.41) is 0. The molecule has 0 bridgehead atoms. The number of thiol groups is 1. The highest BCUT2D eigenvalue weighted by Gasteiger charge is 2.08. The van der Waals surface area contributed by atoms with Gasteiger partial charge in [-0.1, -0.05) is 33.1 Å². The van der Waals surface area contributed by atoms with Crippen LogP contribution in [-0.4, -0.2) is 18.3 Å². The van der Waals surface area contributed by atoms with Crippen molar-refractivity contribution >= 4 is 18.6 Å². The fourth-order valence-electron chi connectivity index (χ4n) is 1.27. The zero-order valence-electron chi connectivity index (χ0n) is 9.29. The monoisotopic (exact) mass is 218 g/mol. The van der Waals surface area contributed by atoms with Gasteiger partial charge in [0.05, 0.1) is 13.0 Å². The molecule has 0 saturated heterocycles. The molecule has 0 fully saturated rings. The predicted octanol–water partition coefficient (Wildman–Crippen LogP) is 3.07. The SMILES string of the molecule is CCCC[C@H](CC)COC(=O)CCS. The van der Waals surface area contributed by atoms with E-state index >= 15 is 0 Å². The van der Waals surface area contributed by atoms with Crippen LogP contribution in [0.2, 0.25) is 0 Å². The average Bonchev–Trinajstić information content (AvgIpc) is 2.19. The Morgan fingerprint density at radius 2 is 2.14 bits per heavy atom. The van der Waals surface area contributed by atoms with Gasteiger partial charge < -0.3 is 4.74 Å². The van der Waals surface area contributed by atoms with Crippen LogP contribution < -0.4 is 0 Å². The largest absolute Gasteiger partial charge is 0.465 e. The van der Waals surface area contributed by atoms with Crippen molar-refractivity contribution in [3.8, 4) is 0 Å². The van der Waals surface area contributed by atoms with E-state index in [1.54, 1.807) is 0 Å². The lowest BCUT2D eigenvalue weighted by molar-refractivity contribution is -0.144. The minimum atomic E-state index is -0.116. The summed E-state index contributed by atoms with van der Waals surface area (Å²) in [5.41, 5.74) is 0. The number of unbranched alkanes of at least 4 members (excludes halogenated alkanes) is 1. The highest BCUT2D eigenvalue weighted by Crippen LogP contribution is 2.13. The van der Waals surface area contributed by atoms with Gasteiger partial charge in [0.25, 0.3) is 0 Å². The van der Waals surface area contributed by atoms with E-state index in [9.17, 15) is 4.79 Å². The van der Waals surface area contributed by atoms with Crippen LogP contribution in [0.1, 0.15) is 46.0 Å². The van der Waals surface area contributed by atoms with Crippen molar-refractivity contribution in [1.82, 2.24) is 0 Å². The molecule has 0 heterocycles. The maximum Gasteiger partial charge on any atom is 0.306 e. The molecule has 1 atom stereocenters. The first kappa shape index (κ1) is 13.8. The lowest BCUT2D eigenvalue weighted by atomic mass is 10.0. The van der Waals surface area contributed by atoms with Gasteiger partial charge in [0.2, 0.25) is 0 Å².